The highest BCUT2D eigenvalue weighted by atomic mass is 79.9. The zero-order chi connectivity index (χ0) is 15.2. The largest absolute Gasteiger partial charge is 0.353 e. The van der Waals surface area contributed by atoms with Gasteiger partial charge >= 0.3 is 0 Å². The maximum Gasteiger partial charge on any atom is 0.222 e. The summed E-state index contributed by atoms with van der Waals surface area (Å²) >= 11 is 3.36. The molecule has 21 heavy (non-hydrogen) atoms. The Morgan fingerprint density at radius 3 is 2.90 bits per heavy atom. The summed E-state index contributed by atoms with van der Waals surface area (Å²) in [5.41, 5.74) is 0. The highest BCUT2D eigenvalue weighted by Gasteiger charge is 2.26. The van der Waals surface area contributed by atoms with Crippen LogP contribution in [0.25, 0.3) is 0 Å². The Hall–Kier alpha value is -0.880. The van der Waals surface area contributed by atoms with E-state index in [1.165, 1.54) is 19.3 Å². The Bertz CT molecular complexity index is 460. The minimum absolute atomic E-state index is 0.136. The molecular formula is C15H25BrN4O. The Kier molecular flexibility index (Phi) is 6.23. The molecule has 1 saturated carbocycles. The van der Waals surface area contributed by atoms with Gasteiger partial charge in [-0.2, -0.15) is 5.10 Å². The second kappa shape index (κ2) is 7.94. The number of carbonyl (C=O) groups is 1. The predicted octanol–water partition coefficient (Wildman–Crippen LogP) is 2.27. The van der Waals surface area contributed by atoms with Crippen LogP contribution in [-0.4, -0.2) is 47.3 Å². The fourth-order valence-corrected chi connectivity index (χ4v) is 3.37. The van der Waals surface area contributed by atoms with Crippen LogP contribution in [0.15, 0.2) is 16.9 Å². The molecule has 1 aliphatic rings. The zero-order valence-electron chi connectivity index (χ0n) is 12.9. The molecule has 2 unspecified atom stereocenters. The van der Waals surface area contributed by atoms with Gasteiger partial charge in [-0.25, -0.2) is 0 Å². The number of aromatic nitrogens is 2. The topological polar surface area (TPSA) is 50.2 Å². The van der Waals surface area contributed by atoms with E-state index < -0.39 is 0 Å². The molecule has 2 rings (SSSR count). The smallest absolute Gasteiger partial charge is 0.222 e. The second-order valence-corrected chi connectivity index (χ2v) is 7.07. The summed E-state index contributed by atoms with van der Waals surface area (Å²) in [7, 11) is 4.20. The molecule has 5 nitrogen and oxygen atoms in total. The lowest BCUT2D eigenvalue weighted by molar-refractivity contribution is -0.122. The standard InChI is InChI=1S/C15H25BrN4O/c1-19(2)10-12-5-3-4-6-14(12)18-15(21)7-8-20-11-13(16)9-17-20/h9,11-12,14H,3-8,10H2,1-2H3,(H,18,21). The lowest BCUT2D eigenvalue weighted by Gasteiger charge is -2.34. The van der Waals surface area contributed by atoms with Crippen LogP contribution in [0.2, 0.25) is 0 Å². The van der Waals surface area contributed by atoms with Gasteiger partial charge in [-0.15, -0.1) is 0 Å². The van der Waals surface area contributed by atoms with E-state index in [0.717, 1.165) is 17.4 Å². The lowest BCUT2D eigenvalue weighted by atomic mass is 9.84. The summed E-state index contributed by atoms with van der Waals surface area (Å²) in [6.07, 6.45) is 8.95. The molecule has 0 aliphatic heterocycles. The summed E-state index contributed by atoms with van der Waals surface area (Å²) in [4.78, 5) is 14.4. The first-order chi connectivity index (χ1) is 10.0. The highest BCUT2D eigenvalue weighted by molar-refractivity contribution is 9.10. The summed E-state index contributed by atoms with van der Waals surface area (Å²) < 4.78 is 2.74. The van der Waals surface area contributed by atoms with Crippen molar-refractivity contribution >= 4 is 21.8 Å². The van der Waals surface area contributed by atoms with Crippen LogP contribution in [0.5, 0.6) is 0 Å². The molecular weight excluding hydrogens is 332 g/mol. The van der Waals surface area contributed by atoms with E-state index in [0.29, 0.717) is 24.9 Å². The Balaban J connectivity index is 1.79. The highest BCUT2D eigenvalue weighted by Crippen LogP contribution is 2.25. The van der Waals surface area contributed by atoms with Gasteiger partial charge in [0.2, 0.25) is 5.91 Å². The van der Waals surface area contributed by atoms with Gasteiger partial charge in [0.15, 0.2) is 0 Å². The molecule has 0 bridgehead atoms. The maximum absolute atomic E-state index is 12.1. The number of hydrogen-bond donors (Lipinski definition) is 1. The van der Waals surface area contributed by atoms with Gasteiger partial charge in [0.1, 0.15) is 0 Å². The first-order valence-corrected chi connectivity index (χ1v) is 8.46. The second-order valence-electron chi connectivity index (χ2n) is 6.15. The average Bonchev–Trinajstić information content (AvgIpc) is 2.84. The van der Waals surface area contributed by atoms with Crippen molar-refractivity contribution in [3.05, 3.63) is 16.9 Å². The number of nitrogens with one attached hydrogen (secondary N) is 1. The van der Waals surface area contributed by atoms with E-state index in [9.17, 15) is 4.79 Å². The van der Waals surface area contributed by atoms with Crippen molar-refractivity contribution < 1.29 is 4.79 Å². The van der Waals surface area contributed by atoms with Crippen molar-refractivity contribution in [3.8, 4) is 0 Å². The van der Waals surface area contributed by atoms with Gasteiger partial charge in [0.05, 0.1) is 10.7 Å². The summed E-state index contributed by atoms with van der Waals surface area (Å²) in [6, 6.07) is 0.331. The van der Waals surface area contributed by atoms with Crippen LogP contribution in [0.1, 0.15) is 32.1 Å². The molecule has 6 heteroatoms. The van der Waals surface area contributed by atoms with Crippen molar-refractivity contribution in [2.24, 2.45) is 5.92 Å². The number of halogens is 1. The average molecular weight is 357 g/mol. The Labute approximate surface area is 135 Å². The normalized spacial score (nSPS) is 22.5. The van der Waals surface area contributed by atoms with Crippen molar-refractivity contribution in [2.75, 3.05) is 20.6 Å². The van der Waals surface area contributed by atoms with Crippen molar-refractivity contribution in [2.45, 2.75) is 44.7 Å². The Morgan fingerprint density at radius 2 is 2.24 bits per heavy atom. The van der Waals surface area contributed by atoms with Gasteiger partial charge in [-0.1, -0.05) is 12.8 Å². The molecule has 0 aromatic carbocycles. The van der Waals surface area contributed by atoms with E-state index >= 15 is 0 Å². The minimum Gasteiger partial charge on any atom is -0.353 e. The molecule has 1 aromatic rings. The van der Waals surface area contributed by atoms with E-state index in [1.807, 2.05) is 6.20 Å². The molecule has 1 amide bonds. The van der Waals surface area contributed by atoms with Crippen LogP contribution >= 0.6 is 15.9 Å². The van der Waals surface area contributed by atoms with Gasteiger partial charge in [0, 0.05) is 31.7 Å². The fraction of sp³-hybridized carbons (Fsp3) is 0.733. The molecule has 0 spiro atoms. The number of aryl methyl sites for hydroxylation is 1. The zero-order valence-corrected chi connectivity index (χ0v) is 14.5. The summed E-state index contributed by atoms with van der Waals surface area (Å²) in [5.74, 6) is 0.717. The predicted molar refractivity (Wildman–Crippen MR) is 87.0 cm³/mol. The van der Waals surface area contributed by atoms with E-state index in [4.69, 9.17) is 0 Å². The minimum atomic E-state index is 0.136. The molecule has 1 fully saturated rings. The van der Waals surface area contributed by atoms with Crippen LogP contribution in [-0.2, 0) is 11.3 Å². The number of rotatable bonds is 6. The third-order valence-electron chi connectivity index (χ3n) is 4.02. The number of hydrogen-bond acceptors (Lipinski definition) is 3. The first kappa shape index (κ1) is 16.5. The van der Waals surface area contributed by atoms with E-state index in [2.05, 4.69) is 45.3 Å². The Morgan fingerprint density at radius 1 is 1.48 bits per heavy atom. The van der Waals surface area contributed by atoms with Crippen LogP contribution in [0.3, 0.4) is 0 Å². The summed E-state index contributed by atoms with van der Waals surface area (Å²) in [5, 5.41) is 7.40. The fourth-order valence-electron chi connectivity index (χ4n) is 3.04. The van der Waals surface area contributed by atoms with Crippen LogP contribution < -0.4 is 5.32 Å². The summed E-state index contributed by atoms with van der Waals surface area (Å²) in [6.45, 7) is 1.68. The number of carbonyl (C=O) groups excluding carboxylic acids is 1. The third kappa shape index (κ3) is 5.43. The quantitative estimate of drug-likeness (QED) is 0.850. The number of nitrogens with zero attached hydrogens (tertiary/aromatic N) is 3. The molecule has 1 heterocycles. The number of amides is 1. The van der Waals surface area contributed by atoms with Crippen molar-refractivity contribution in [3.63, 3.8) is 0 Å². The van der Waals surface area contributed by atoms with Gasteiger partial charge in [-0.05, 0) is 48.8 Å². The monoisotopic (exact) mass is 356 g/mol. The van der Waals surface area contributed by atoms with Gasteiger partial charge < -0.3 is 10.2 Å². The molecule has 2 atom stereocenters. The van der Waals surface area contributed by atoms with Crippen LogP contribution in [0, 0.1) is 5.92 Å². The lowest BCUT2D eigenvalue weighted by Crippen LogP contribution is -2.45. The molecule has 1 aromatic heterocycles. The molecule has 1 aliphatic carbocycles. The first-order valence-electron chi connectivity index (χ1n) is 7.66. The molecule has 1 N–H and O–H groups in total. The molecule has 118 valence electrons. The van der Waals surface area contributed by atoms with Gasteiger partial charge in [0.25, 0.3) is 0 Å². The van der Waals surface area contributed by atoms with E-state index in [-0.39, 0.29) is 5.91 Å². The molecule has 0 radical (unpaired) electrons. The third-order valence-corrected chi connectivity index (χ3v) is 4.43. The van der Waals surface area contributed by atoms with Gasteiger partial charge in [-0.3, -0.25) is 9.48 Å². The van der Waals surface area contributed by atoms with Crippen LogP contribution in [0.4, 0.5) is 0 Å². The maximum atomic E-state index is 12.1. The van der Waals surface area contributed by atoms with Crippen molar-refractivity contribution in [1.29, 1.82) is 0 Å². The van der Waals surface area contributed by atoms with E-state index in [1.54, 1.807) is 10.9 Å². The molecule has 0 saturated heterocycles. The van der Waals surface area contributed by atoms with Crippen molar-refractivity contribution in [1.82, 2.24) is 20.0 Å². The SMILES string of the molecule is CN(C)CC1CCCCC1NC(=O)CCn1cc(Br)cn1.